The van der Waals surface area contributed by atoms with Crippen LogP contribution in [0, 0.1) is 0 Å². The zero-order chi connectivity index (χ0) is 23.0. The van der Waals surface area contributed by atoms with Crippen molar-refractivity contribution in [1.82, 2.24) is 4.90 Å². The Hall–Kier alpha value is -3.35. The molecule has 2 aromatic carbocycles. The van der Waals surface area contributed by atoms with Gasteiger partial charge in [-0.25, -0.2) is 0 Å². The normalized spacial score (nSPS) is 20.9. The summed E-state index contributed by atoms with van der Waals surface area (Å²) in [5, 5.41) is 5.78. The van der Waals surface area contributed by atoms with E-state index in [1.807, 2.05) is 36.4 Å². The molecule has 0 unspecified atom stereocenters. The van der Waals surface area contributed by atoms with Gasteiger partial charge in [-0.05, 0) is 67.1 Å². The molecule has 3 amide bonds. The predicted molar refractivity (Wildman–Crippen MR) is 125 cm³/mol. The van der Waals surface area contributed by atoms with Crippen LogP contribution in [0.25, 0.3) is 0 Å². The molecule has 0 spiro atoms. The van der Waals surface area contributed by atoms with Crippen LogP contribution in [0.15, 0.2) is 42.5 Å². The number of rotatable bonds is 5. The molecule has 0 bridgehead atoms. The average molecular weight is 448 g/mol. The molecule has 2 aliphatic heterocycles. The fraction of sp³-hybridized carbons (Fsp3) is 0.423. The van der Waals surface area contributed by atoms with Gasteiger partial charge in [-0.1, -0.05) is 25.0 Å². The minimum absolute atomic E-state index is 0.0403. The Bertz CT molecular complexity index is 1090. The molecule has 0 aromatic heterocycles. The Morgan fingerprint density at radius 1 is 1.09 bits per heavy atom. The maximum atomic E-state index is 14.0. The first kappa shape index (κ1) is 21.5. The van der Waals surface area contributed by atoms with E-state index in [1.54, 1.807) is 18.1 Å². The summed E-state index contributed by atoms with van der Waals surface area (Å²) < 4.78 is 5.29. The van der Waals surface area contributed by atoms with E-state index in [-0.39, 0.29) is 17.7 Å². The van der Waals surface area contributed by atoms with Crippen molar-refractivity contribution in [2.45, 2.75) is 56.4 Å². The van der Waals surface area contributed by atoms with Gasteiger partial charge in [0.1, 0.15) is 11.8 Å². The molecule has 33 heavy (non-hydrogen) atoms. The average Bonchev–Trinajstić information content (AvgIpc) is 3.57. The van der Waals surface area contributed by atoms with Crippen molar-refractivity contribution in [2.75, 3.05) is 24.3 Å². The van der Waals surface area contributed by atoms with Crippen molar-refractivity contribution < 1.29 is 19.1 Å². The second-order valence-electron chi connectivity index (χ2n) is 9.26. The number of fused-ring (bicyclic) bond motifs is 1. The molecule has 2 N–H and O–H groups in total. The number of likely N-dealkylation sites (tertiary alicyclic amines) is 1. The highest BCUT2D eigenvalue weighted by Gasteiger charge is 2.48. The number of benzene rings is 2. The van der Waals surface area contributed by atoms with Crippen molar-refractivity contribution in [3.05, 3.63) is 53.6 Å². The first-order valence-corrected chi connectivity index (χ1v) is 11.7. The Morgan fingerprint density at radius 2 is 1.85 bits per heavy atom. The van der Waals surface area contributed by atoms with E-state index in [2.05, 4.69) is 10.6 Å². The van der Waals surface area contributed by atoms with Gasteiger partial charge in [0.15, 0.2) is 0 Å². The molecule has 2 fully saturated rings. The van der Waals surface area contributed by atoms with Crippen molar-refractivity contribution in [3.8, 4) is 5.75 Å². The second kappa shape index (κ2) is 8.54. The monoisotopic (exact) mass is 447 g/mol. The van der Waals surface area contributed by atoms with E-state index in [1.165, 1.54) is 0 Å². The highest BCUT2D eigenvalue weighted by atomic mass is 16.5. The van der Waals surface area contributed by atoms with Gasteiger partial charge < -0.3 is 20.3 Å². The van der Waals surface area contributed by atoms with Gasteiger partial charge in [-0.3, -0.25) is 14.4 Å². The van der Waals surface area contributed by atoms with E-state index in [4.69, 9.17) is 4.74 Å². The first-order chi connectivity index (χ1) is 16.0. The van der Waals surface area contributed by atoms with E-state index < -0.39 is 11.5 Å². The van der Waals surface area contributed by atoms with Gasteiger partial charge in [0.25, 0.3) is 0 Å². The van der Waals surface area contributed by atoms with Gasteiger partial charge >= 0.3 is 0 Å². The molecule has 1 atom stereocenters. The fourth-order valence-electron chi connectivity index (χ4n) is 5.60. The van der Waals surface area contributed by atoms with Crippen LogP contribution in [0.2, 0.25) is 0 Å². The quantitative estimate of drug-likeness (QED) is 0.733. The van der Waals surface area contributed by atoms with Gasteiger partial charge in [0, 0.05) is 17.9 Å². The van der Waals surface area contributed by atoms with Crippen molar-refractivity contribution in [2.24, 2.45) is 0 Å². The summed E-state index contributed by atoms with van der Waals surface area (Å²) in [5.41, 5.74) is 2.75. The Kier molecular flexibility index (Phi) is 5.56. The summed E-state index contributed by atoms with van der Waals surface area (Å²) in [6, 6.07) is 12.8. The van der Waals surface area contributed by atoms with E-state index in [0.717, 1.165) is 54.7 Å². The molecule has 7 nitrogen and oxygen atoms in total. The lowest BCUT2D eigenvalue weighted by atomic mass is 9.77. The molecule has 1 saturated carbocycles. The lowest BCUT2D eigenvalue weighted by molar-refractivity contribution is -0.141. The number of ether oxygens (including phenoxy) is 1. The molecule has 0 radical (unpaired) electrons. The molecule has 2 aromatic rings. The number of hydrogen-bond donors (Lipinski definition) is 2. The molecule has 3 aliphatic rings. The van der Waals surface area contributed by atoms with Gasteiger partial charge in [-0.15, -0.1) is 0 Å². The zero-order valence-corrected chi connectivity index (χ0v) is 18.9. The highest BCUT2D eigenvalue weighted by Crippen LogP contribution is 2.44. The van der Waals surface area contributed by atoms with Crippen LogP contribution in [0.3, 0.4) is 0 Å². The van der Waals surface area contributed by atoms with Gasteiger partial charge in [-0.2, -0.15) is 0 Å². The summed E-state index contributed by atoms with van der Waals surface area (Å²) in [4.78, 5) is 40.6. The summed E-state index contributed by atoms with van der Waals surface area (Å²) in [5.74, 6) is 0.623. The minimum atomic E-state index is -0.575. The van der Waals surface area contributed by atoms with Crippen LogP contribution >= 0.6 is 0 Å². The Balaban J connectivity index is 1.35. The maximum Gasteiger partial charge on any atom is 0.247 e. The fourth-order valence-corrected chi connectivity index (χ4v) is 5.60. The van der Waals surface area contributed by atoms with E-state index >= 15 is 0 Å². The number of hydrogen-bond acceptors (Lipinski definition) is 4. The first-order valence-electron chi connectivity index (χ1n) is 11.7. The number of carbonyl (C=O) groups is 3. The second-order valence-corrected chi connectivity index (χ2v) is 9.26. The van der Waals surface area contributed by atoms with E-state index in [9.17, 15) is 14.4 Å². The van der Waals surface area contributed by atoms with E-state index in [0.29, 0.717) is 25.1 Å². The van der Waals surface area contributed by atoms with Gasteiger partial charge in [0.2, 0.25) is 17.7 Å². The zero-order valence-electron chi connectivity index (χ0n) is 18.9. The smallest absolute Gasteiger partial charge is 0.247 e. The largest absolute Gasteiger partial charge is 0.497 e. The number of nitrogens with one attached hydrogen (secondary N) is 2. The van der Waals surface area contributed by atoms with Crippen LogP contribution in [0.4, 0.5) is 11.4 Å². The molecular weight excluding hydrogens is 418 g/mol. The highest BCUT2D eigenvalue weighted by molar-refractivity contribution is 6.02. The molecule has 172 valence electrons. The summed E-state index contributed by atoms with van der Waals surface area (Å²) in [7, 11) is 1.63. The number of anilines is 2. The van der Waals surface area contributed by atoms with Crippen molar-refractivity contribution in [1.29, 1.82) is 0 Å². The predicted octanol–water partition coefficient (Wildman–Crippen LogP) is 3.63. The standard InChI is InChI=1S/C26H29N3O4/c1-33-20-9-6-18(7-10-20)26(12-2-3-13-26)25(32)29-14-4-5-22(29)24(31)27-19-8-11-21-17(15-19)16-23(30)28-21/h6-11,15,22H,2-5,12-14,16H2,1H3,(H,27,31)(H,28,30)/t22-/m1/s1. The Labute approximate surface area is 193 Å². The number of methoxy groups -OCH3 is 1. The molecule has 1 aliphatic carbocycles. The lowest BCUT2D eigenvalue weighted by Gasteiger charge is -2.35. The van der Waals surface area contributed by atoms with Crippen LogP contribution < -0.4 is 15.4 Å². The van der Waals surface area contributed by atoms with Crippen molar-refractivity contribution in [3.63, 3.8) is 0 Å². The van der Waals surface area contributed by atoms with Crippen LogP contribution in [0.5, 0.6) is 5.75 Å². The van der Waals surface area contributed by atoms with Gasteiger partial charge in [0.05, 0.1) is 18.9 Å². The third-order valence-corrected chi connectivity index (χ3v) is 7.32. The number of nitrogens with zero attached hydrogens (tertiary/aromatic N) is 1. The summed E-state index contributed by atoms with van der Waals surface area (Å²) in [6.45, 7) is 0.595. The van der Waals surface area contributed by atoms with Crippen molar-refractivity contribution >= 4 is 29.1 Å². The molecular formula is C26H29N3O4. The Morgan fingerprint density at radius 3 is 2.58 bits per heavy atom. The summed E-state index contributed by atoms with van der Waals surface area (Å²) in [6.07, 6.45) is 5.39. The summed E-state index contributed by atoms with van der Waals surface area (Å²) >= 11 is 0. The van der Waals surface area contributed by atoms with Crippen LogP contribution in [-0.2, 0) is 26.2 Å². The maximum absolute atomic E-state index is 14.0. The lowest BCUT2D eigenvalue weighted by Crippen LogP contribution is -2.51. The third kappa shape index (κ3) is 3.86. The number of carbonyl (C=O) groups excluding carboxylic acids is 3. The third-order valence-electron chi connectivity index (χ3n) is 7.32. The van der Waals surface area contributed by atoms with Crippen LogP contribution in [0.1, 0.15) is 49.7 Å². The molecule has 2 heterocycles. The minimum Gasteiger partial charge on any atom is -0.497 e. The number of amides is 3. The topological polar surface area (TPSA) is 87.7 Å². The molecule has 5 rings (SSSR count). The molecule has 1 saturated heterocycles. The SMILES string of the molecule is COc1ccc(C2(C(=O)N3CCC[C@@H]3C(=O)Nc3ccc4c(c3)CC(=O)N4)CCCC2)cc1. The van der Waals surface area contributed by atoms with Crippen LogP contribution in [-0.4, -0.2) is 42.3 Å². The molecule has 7 heteroatoms.